The van der Waals surface area contributed by atoms with Gasteiger partial charge in [-0.25, -0.2) is 0 Å². The van der Waals surface area contributed by atoms with Gasteiger partial charge in [0.2, 0.25) is 0 Å². The average Bonchev–Trinajstić information content (AvgIpc) is 3.73. The molecule has 2 spiro atoms. The minimum atomic E-state index is -0.245. The zero-order valence-corrected chi connectivity index (χ0v) is 29.6. The van der Waals surface area contributed by atoms with Gasteiger partial charge >= 0.3 is 0 Å². The normalized spacial score (nSPS) is 22.0. The van der Waals surface area contributed by atoms with E-state index in [1.807, 2.05) is 12.1 Å². The van der Waals surface area contributed by atoms with Crippen LogP contribution in [0.15, 0.2) is 48.5 Å². The summed E-state index contributed by atoms with van der Waals surface area (Å²) in [5, 5.41) is 10.3. The molecule has 2 aromatic carbocycles. The minimum Gasteiger partial charge on any atom is -0.508 e. The van der Waals surface area contributed by atoms with Crippen LogP contribution in [0.25, 0.3) is 0 Å². The number of hydrogen-bond donors (Lipinski definition) is 1. The summed E-state index contributed by atoms with van der Waals surface area (Å²) in [5.74, 6) is 3.66. The second-order valence-electron chi connectivity index (χ2n) is 12.4. The summed E-state index contributed by atoms with van der Waals surface area (Å²) in [6, 6.07) is 16.1. The van der Waals surface area contributed by atoms with Crippen molar-refractivity contribution in [3.8, 4) is 11.5 Å². The smallest absolute Gasteiger partial charge is 0.168 e. The maximum absolute atomic E-state index is 9.27. The number of aromatic hydroxyl groups is 1. The minimum absolute atomic E-state index is 0. The Morgan fingerprint density at radius 2 is 1.11 bits per heavy atom. The lowest BCUT2D eigenvalue weighted by Crippen LogP contribution is -2.35. The lowest BCUT2D eigenvalue weighted by molar-refractivity contribution is -0.182. The van der Waals surface area contributed by atoms with Gasteiger partial charge in [-0.15, -0.1) is 23.2 Å². The summed E-state index contributed by atoms with van der Waals surface area (Å²) in [6.07, 6.45) is 13.0. The highest BCUT2D eigenvalue weighted by atomic mass is 79.9. The maximum atomic E-state index is 9.27. The van der Waals surface area contributed by atoms with E-state index in [2.05, 4.69) is 40.2 Å². The van der Waals surface area contributed by atoms with Crippen LogP contribution in [0.1, 0.15) is 76.8 Å². The highest BCUT2D eigenvalue weighted by molar-refractivity contribution is 9.09. The number of alkyl halides is 3. The van der Waals surface area contributed by atoms with E-state index in [-0.39, 0.29) is 13.0 Å². The van der Waals surface area contributed by atoms with Gasteiger partial charge in [0.05, 0.1) is 33.0 Å². The first kappa shape index (κ1) is 36.8. The van der Waals surface area contributed by atoms with E-state index in [1.165, 1.54) is 36.8 Å². The van der Waals surface area contributed by atoms with Crippen molar-refractivity contribution in [3.63, 3.8) is 0 Å². The van der Waals surface area contributed by atoms with Gasteiger partial charge in [-0.2, -0.15) is 0 Å². The second kappa shape index (κ2) is 19.7. The van der Waals surface area contributed by atoms with Gasteiger partial charge in [-0.05, 0) is 98.6 Å². The molecule has 4 aliphatic rings. The number of halogens is 3. The van der Waals surface area contributed by atoms with Gasteiger partial charge in [0.15, 0.2) is 11.6 Å². The molecule has 0 unspecified atom stereocenters. The van der Waals surface area contributed by atoms with Gasteiger partial charge in [-0.3, -0.25) is 0 Å². The highest BCUT2D eigenvalue weighted by Gasteiger charge is 2.41. The van der Waals surface area contributed by atoms with Crippen LogP contribution in [0.3, 0.4) is 0 Å². The third-order valence-corrected chi connectivity index (χ3v) is 10.2. The van der Waals surface area contributed by atoms with E-state index in [0.717, 1.165) is 101 Å². The quantitative estimate of drug-likeness (QED) is 0.194. The summed E-state index contributed by atoms with van der Waals surface area (Å²) < 4.78 is 28.7. The molecule has 2 aliphatic carbocycles. The van der Waals surface area contributed by atoms with Gasteiger partial charge in [-0.1, -0.05) is 40.2 Å². The van der Waals surface area contributed by atoms with E-state index in [0.29, 0.717) is 24.2 Å². The molecule has 2 saturated carbocycles. The first-order chi connectivity index (χ1) is 22.0. The number of hydrogen-bond acceptors (Lipinski definition) is 6. The fraction of sp³-hybridized carbons (Fsp3) is 0.667. The molecule has 0 aromatic heterocycles. The van der Waals surface area contributed by atoms with E-state index in [9.17, 15) is 5.11 Å². The van der Waals surface area contributed by atoms with E-state index in [1.54, 1.807) is 12.1 Å². The van der Waals surface area contributed by atoms with Crippen LogP contribution in [0.4, 0.5) is 0 Å². The van der Waals surface area contributed by atoms with Crippen molar-refractivity contribution < 1.29 is 30.2 Å². The highest BCUT2D eigenvalue weighted by Crippen LogP contribution is 2.40. The summed E-state index contributed by atoms with van der Waals surface area (Å²) >= 11 is 14.1. The lowest BCUT2D eigenvalue weighted by atomic mass is 9.81. The van der Waals surface area contributed by atoms with Crippen LogP contribution in [-0.4, -0.2) is 66.8 Å². The molecule has 0 radical (unpaired) electrons. The molecule has 254 valence electrons. The van der Waals surface area contributed by atoms with Crippen molar-refractivity contribution in [1.29, 1.82) is 0 Å². The Morgan fingerprint density at radius 1 is 0.689 bits per heavy atom. The lowest BCUT2D eigenvalue weighted by Gasteiger charge is -2.35. The van der Waals surface area contributed by atoms with Crippen molar-refractivity contribution in [2.45, 2.75) is 88.6 Å². The molecule has 1 N–H and O–H groups in total. The van der Waals surface area contributed by atoms with Gasteiger partial charge in [0.1, 0.15) is 11.5 Å². The number of benzene rings is 2. The SMILES string of the molecule is ClCCCBr.ClCCCOc1ccc(CC2CCC3(CC2)OCCO3)cc1.Oc1ccc(CC2CCC3(CC2)OCCO3)cc1.[2HH]. The Morgan fingerprint density at radius 3 is 1.49 bits per heavy atom. The molecule has 2 aliphatic heterocycles. The summed E-state index contributed by atoms with van der Waals surface area (Å²) in [6.45, 7) is 3.71. The van der Waals surface area contributed by atoms with Crippen molar-refractivity contribution in [2.75, 3.05) is 50.1 Å². The molecule has 6 rings (SSSR count). The van der Waals surface area contributed by atoms with Crippen LogP contribution in [0, 0.1) is 11.8 Å². The maximum Gasteiger partial charge on any atom is 0.168 e. The van der Waals surface area contributed by atoms with Crippen LogP contribution in [0.5, 0.6) is 11.5 Å². The molecule has 2 saturated heterocycles. The number of ether oxygens (including phenoxy) is 5. The first-order valence-electron chi connectivity index (χ1n) is 16.7. The number of phenols is 1. The summed E-state index contributed by atoms with van der Waals surface area (Å²) in [4.78, 5) is 0. The topological polar surface area (TPSA) is 66.4 Å². The fourth-order valence-electron chi connectivity index (χ4n) is 6.53. The van der Waals surface area contributed by atoms with Crippen molar-refractivity contribution >= 4 is 39.1 Å². The molecule has 0 bridgehead atoms. The molecular weight excluding hydrogens is 679 g/mol. The Bertz CT molecular complexity index is 1060. The molecule has 2 heterocycles. The van der Waals surface area contributed by atoms with Crippen LogP contribution >= 0.6 is 39.1 Å². The Hall–Kier alpha value is -1.06. The Balaban J connectivity index is 0.000000217. The fourth-order valence-corrected chi connectivity index (χ4v) is 7.38. The molecule has 0 atom stereocenters. The third kappa shape index (κ3) is 12.5. The van der Waals surface area contributed by atoms with E-state index >= 15 is 0 Å². The van der Waals surface area contributed by atoms with Crippen LogP contribution < -0.4 is 4.74 Å². The molecule has 45 heavy (non-hydrogen) atoms. The Labute approximate surface area is 290 Å². The van der Waals surface area contributed by atoms with Crippen molar-refractivity contribution in [2.24, 2.45) is 11.8 Å². The zero-order chi connectivity index (χ0) is 31.8. The molecular formula is C36H53BrCl2O6. The molecule has 6 nitrogen and oxygen atoms in total. The number of rotatable bonds is 10. The van der Waals surface area contributed by atoms with E-state index < -0.39 is 0 Å². The number of phenolic OH excluding ortho intramolecular Hbond substituents is 1. The van der Waals surface area contributed by atoms with Crippen LogP contribution in [-0.2, 0) is 31.8 Å². The third-order valence-electron chi connectivity index (χ3n) is 9.08. The summed E-state index contributed by atoms with van der Waals surface area (Å²) in [7, 11) is 0. The predicted molar refractivity (Wildman–Crippen MR) is 187 cm³/mol. The van der Waals surface area contributed by atoms with Crippen LogP contribution in [0.2, 0.25) is 0 Å². The largest absolute Gasteiger partial charge is 0.508 e. The Kier molecular flexibility index (Phi) is 16.1. The van der Waals surface area contributed by atoms with Crippen molar-refractivity contribution in [3.05, 3.63) is 59.7 Å². The molecule has 2 aromatic rings. The molecule has 0 amide bonds. The van der Waals surface area contributed by atoms with Gasteiger partial charge in [0.25, 0.3) is 0 Å². The molecule has 4 fully saturated rings. The van der Waals surface area contributed by atoms with Crippen molar-refractivity contribution in [1.82, 2.24) is 0 Å². The first-order valence-corrected chi connectivity index (χ1v) is 18.9. The average molecular weight is 734 g/mol. The molecule has 9 heteroatoms. The standard InChI is InChI=1S/C18H25ClO3.C15H20O3.C3H6BrCl.H2/c19-10-1-11-20-17-4-2-15(3-5-17)14-16-6-8-18(9-7-16)21-12-13-22-18;16-14-3-1-12(2-4-14)11-13-5-7-15(8-6-13)17-9-10-18-15;4-2-1-3-5;/h2-5,16H,1,6-14H2;1-4,13,16H,5-11H2;1-3H2;1H/i;;;1+1. The predicted octanol–water partition coefficient (Wildman–Crippen LogP) is 9.29. The zero-order valence-electron chi connectivity index (χ0n) is 26.5. The monoisotopic (exact) mass is 731 g/mol. The second-order valence-corrected chi connectivity index (χ2v) is 14.0. The van der Waals surface area contributed by atoms with Gasteiger partial charge < -0.3 is 28.8 Å². The summed E-state index contributed by atoms with van der Waals surface area (Å²) in [5.41, 5.74) is 2.70. The van der Waals surface area contributed by atoms with Gasteiger partial charge in [0, 0.05) is 44.2 Å². The van der Waals surface area contributed by atoms with E-state index in [4.69, 9.17) is 46.9 Å².